The van der Waals surface area contributed by atoms with Crippen molar-refractivity contribution >= 4 is 5.78 Å². The zero-order valence-corrected chi connectivity index (χ0v) is 12.8. The lowest BCUT2D eigenvalue weighted by Gasteiger charge is -2.24. The number of nitrogens with zero attached hydrogens (tertiary/aromatic N) is 1. The molecule has 1 aromatic rings. The van der Waals surface area contributed by atoms with Gasteiger partial charge in [0.05, 0.1) is 6.54 Å². The average Bonchev–Trinajstić information content (AvgIpc) is 2.43. The minimum absolute atomic E-state index is 0.233. The molecule has 1 aromatic carbocycles. The van der Waals surface area contributed by atoms with Crippen molar-refractivity contribution in [1.82, 2.24) is 4.90 Å². The molecule has 0 heterocycles. The second-order valence-corrected chi connectivity index (χ2v) is 5.30. The standard InChI is InChI=1S/C17H27NO/c1-5-15(6-2)12-18(7-3)13-17(19)16-10-8-9-14(4)11-16/h8-11,15H,5-7,12-13H2,1-4H3. The average molecular weight is 261 g/mol. The summed E-state index contributed by atoms with van der Waals surface area (Å²) >= 11 is 0. The van der Waals surface area contributed by atoms with Gasteiger partial charge in [0.1, 0.15) is 0 Å². The van der Waals surface area contributed by atoms with Crippen molar-refractivity contribution in [1.29, 1.82) is 0 Å². The van der Waals surface area contributed by atoms with E-state index in [9.17, 15) is 4.79 Å². The highest BCUT2D eigenvalue weighted by molar-refractivity contribution is 5.97. The summed E-state index contributed by atoms with van der Waals surface area (Å²) in [4.78, 5) is 14.5. The highest BCUT2D eigenvalue weighted by Gasteiger charge is 2.14. The van der Waals surface area contributed by atoms with Gasteiger partial charge in [0.15, 0.2) is 5.78 Å². The molecule has 0 radical (unpaired) electrons. The van der Waals surface area contributed by atoms with Crippen LogP contribution in [0.2, 0.25) is 0 Å². The molecule has 0 unspecified atom stereocenters. The van der Waals surface area contributed by atoms with Crippen LogP contribution in [0.25, 0.3) is 0 Å². The third-order valence-electron chi connectivity index (χ3n) is 3.83. The number of hydrogen-bond donors (Lipinski definition) is 0. The summed E-state index contributed by atoms with van der Waals surface area (Å²) in [5, 5.41) is 0. The summed E-state index contributed by atoms with van der Waals surface area (Å²) in [5.41, 5.74) is 1.98. The minimum Gasteiger partial charge on any atom is -0.296 e. The molecule has 0 aliphatic heterocycles. The van der Waals surface area contributed by atoms with E-state index in [4.69, 9.17) is 0 Å². The number of ketones is 1. The number of likely N-dealkylation sites (N-methyl/N-ethyl adjacent to an activating group) is 1. The van der Waals surface area contributed by atoms with E-state index in [0.717, 1.165) is 24.2 Å². The molecule has 0 bridgehead atoms. The quantitative estimate of drug-likeness (QED) is 0.661. The van der Waals surface area contributed by atoms with Gasteiger partial charge in [-0.2, -0.15) is 0 Å². The Morgan fingerprint density at radius 3 is 2.42 bits per heavy atom. The van der Waals surface area contributed by atoms with Crippen molar-refractivity contribution in [2.45, 2.75) is 40.5 Å². The van der Waals surface area contributed by atoms with Crippen LogP contribution in [0.15, 0.2) is 24.3 Å². The lowest BCUT2D eigenvalue weighted by molar-refractivity contribution is 0.0920. The van der Waals surface area contributed by atoms with E-state index >= 15 is 0 Å². The first-order chi connectivity index (χ1) is 9.10. The van der Waals surface area contributed by atoms with Gasteiger partial charge in [0.2, 0.25) is 0 Å². The van der Waals surface area contributed by atoms with Gasteiger partial charge in [0, 0.05) is 12.1 Å². The molecule has 2 nitrogen and oxygen atoms in total. The van der Waals surface area contributed by atoms with Gasteiger partial charge >= 0.3 is 0 Å². The summed E-state index contributed by atoms with van der Waals surface area (Å²) in [6.07, 6.45) is 2.37. The van der Waals surface area contributed by atoms with Gasteiger partial charge in [-0.05, 0) is 25.5 Å². The summed E-state index contributed by atoms with van der Waals surface area (Å²) < 4.78 is 0. The Labute approximate surface area is 117 Å². The van der Waals surface area contributed by atoms with Crippen LogP contribution in [-0.2, 0) is 0 Å². The second kappa shape index (κ2) is 8.11. The lowest BCUT2D eigenvalue weighted by atomic mass is 10.0. The molecule has 0 atom stereocenters. The van der Waals surface area contributed by atoms with Crippen molar-refractivity contribution in [3.8, 4) is 0 Å². The van der Waals surface area contributed by atoms with Crippen molar-refractivity contribution in [3.63, 3.8) is 0 Å². The monoisotopic (exact) mass is 261 g/mol. The number of carbonyl (C=O) groups excluding carboxylic acids is 1. The number of rotatable bonds is 8. The van der Waals surface area contributed by atoms with Crippen LogP contribution in [0.5, 0.6) is 0 Å². The molecule has 19 heavy (non-hydrogen) atoms. The van der Waals surface area contributed by atoms with Gasteiger partial charge < -0.3 is 0 Å². The molecular weight excluding hydrogens is 234 g/mol. The normalized spacial score (nSPS) is 11.3. The van der Waals surface area contributed by atoms with E-state index < -0.39 is 0 Å². The summed E-state index contributed by atoms with van der Waals surface area (Å²) in [6, 6.07) is 7.88. The fraction of sp³-hybridized carbons (Fsp3) is 0.588. The van der Waals surface area contributed by atoms with Crippen LogP contribution < -0.4 is 0 Å². The Balaban J connectivity index is 2.62. The highest BCUT2D eigenvalue weighted by Crippen LogP contribution is 2.11. The first kappa shape index (κ1) is 15.9. The summed E-state index contributed by atoms with van der Waals surface area (Å²) in [6.45, 7) is 11.1. The van der Waals surface area contributed by atoms with Crippen molar-refractivity contribution in [3.05, 3.63) is 35.4 Å². The molecule has 0 aromatic heterocycles. The molecule has 1 rings (SSSR count). The Morgan fingerprint density at radius 2 is 1.89 bits per heavy atom. The predicted octanol–water partition coefficient (Wildman–Crippen LogP) is 3.94. The second-order valence-electron chi connectivity index (χ2n) is 5.30. The van der Waals surface area contributed by atoms with E-state index in [1.165, 1.54) is 12.8 Å². The van der Waals surface area contributed by atoms with Crippen molar-refractivity contribution in [2.24, 2.45) is 5.92 Å². The van der Waals surface area contributed by atoms with Crippen molar-refractivity contribution < 1.29 is 4.79 Å². The molecule has 0 fully saturated rings. The molecule has 0 spiro atoms. The molecular formula is C17H27NO. The van der Waals surface area contributed by atoms with E-state index in [0.29, 0.717) is 12.5 Å². The van der Waals surface area contributed by atoms with Gasteiger partial charge in [0.25, 0.3) is 0 Å². The number of aryl methyl sites for hydroxylation is 1. The van der Waals surface area contributed by atoms with Crippen LogP contribution in [0.3, 0.4) is 0 Å². The Kier molecular flexibility index (Phi) is 6.79. The molecule has 0 amide bonds. The smallest absolute Gasteiger partial charge is 0.176 e. The van der Waals surface area contributed by atoms with Gasteiger partial charge in [-0.25, -0.2) is 0 Å². The van der Waals surface area contributed by atoms with Crippen molar-refractivity contribution in [2.75, 3.05) is 19.6 Å². The molecule has 0 saturated carbocycles. The van der Waals surface area contributed by atoms with Crippen LogP contribution in [0, 0.1) is 12.8 Å². The largest absolute Gasteiger partial charge is 0.296 e. The summed E-state index contributed by atoms with van der Waals surface area (Å²) in [7, 11) is 0. The molecule has 0 aliphatic carbocycles. The SMILES string of the molecule is CCC(CC)CN(CC)CC(=O)c1cccc(C)c1. The molecule has 0 N–H and O–H groups in total. The molecule has 2 heteroatoms. The third-order valence-corrected chi connectivity index (χ3v) is 3.83. The maximum Gasteiger partial charge on any atom is 0.176 e. The van der Waals surface area contributed by atoms with Gasteiger partial charge in [-0.3, -0.25) is 9.69 Å². The number of benzene rings is 1. The Hall–Kier alpha value is -1.15. The number of hydrogen-bond acceptors (Lipinski definition) is 2. The van der Waals surface area contributed by atoms with Crippen LogP contribution in [0.4, 0.5) is 0 Å². The predicted molar refractivity (Wildman–Crippen MR) is 81.7 cm³/mol. The van der Waals surface area contributed by atoms with Crippen LogP contribution >= 0.6 is 0 Å². The fourth-order valence-corrected chi connectivity index (χ4v) is 2.33. The van der Waals surface area contributed by atoms with Gasteiger partial charge in [-0.15, -0.1) is 0 Å². The molecule has 0 saturated heterocycles. The first-order valence-corrected chi connectivity index (χ1v) is 7.42. The maximum absolute atomic E-state index is 12.3. The molecule has 106 valence electrons. The summed E-state index contributed by atoms with van der Waals surface area (Å²) in [5.74, 6) is 0.932. The van der Waals surface area contributed by atoms with Crippen LogP contribution in [-0.4, -0.2) is 30.3 Å². The lowest BCUT2D eigenvalue weighted by Crippen LogP contribution is -2.34. The topological polar surface area (TPSA) is 20.3 Å². The van der Waals surface area contributed by atoms with Gasteiger partial charge in [-0.1, -0.05) is 57.4 Å². The Morgan fingerprint density at radius 1 is 1.21 bits per heavy atom. The van der Waals surface area contributed by atoms with E-state index in [2.05, 4.69) is 25.7 Å². The van der Waals surface area contributed by atoms with Crippen LogP contribution in [0.1, 0.15) is 49.5 Å². The minimum atomic E-state index is 0.233. The Bertz CT molecular complexity index is 396. The highest BCUT2D eigenvalue weighted by atomic mass is 16.1. The number of carbonyl (C=O) groups is 1. The van der Waals surface area contributed by atoms with E-state index in [-0.39, 0.29) is 5.78 Å². The zero-order valence-electron chi connectivity index (χ0n) is 12.8. The van der Waals surface area contributed by atoms with E-state index in [1.807, 2.05) is 31.2 Å². The fourth-order valence-electron chi connectivity index (χ4n) is 2.33. The van der Waals surface area contributed by atoms with E-state index in [1.54, 1.807) is 0 Å². The third kappa shape index (κ3) is 5.15. The zero-order chi connectivity index (χ0) is 14.3. The molecule has 0 aliphatic rings. The first-order valence-electron chi connectivity index (χ1n) is 7.42. The number of Topliss-reactive ketones (excluding diaryl/α,β-unsaturated/α-hetero) is 1. The maximum atomic E-state index is 12.3.